The maximum atomic E-state index is 14.3. The van der Waals surface area contributed by atoms with E-state index in [1.165, 1.54) is 12.1 Å². The van der Waals surface area contributed by atoms with E-state index in [0.29, 0.717) is 13.0 Å². The van der Waals surface area contributed by atoms with E-state index >= 15 is 0 Å². The van der Waals surface area contributed by atoms with Crippen LogP contribution in [0.25, 0.3) is 0 Å². The molecule has 4 nitrogen and oxygen atoms in total. The van der Waals surface area contributed by atoms with Crippen molar-refractivity contribution in [3.63, 3.8) is 0 Å². The summed E-state index contributed by atoms with van der Waals surface area (Å²) in [6.45, 7) is 0.414. The van der Waals surface area contributed by atoms with Gasteiger partial charge in [0, 0.05) is 12.5 Å². The molecule has 0 aromatic heterocycles. The number of benzene rings is 2. The largest absolute Gasteiger partial charge is 0.497 e. The van der Waals surface area contributed by atoms with Crippen molar-refractivity contribution in [3.8, 4) is 5.75 Å². The summed E-state index contributed by atoms with van der Waals surface area (Å²) in [4.78, 5) is 15.0. The Labute approximate surface area is 164 Å². The van der Waals surface area contributed by atoms with Gasteiger partial charge in [-0.3, -0.25) is 4.79 Å². The van der Waals surface area contributed by atoms with Crippen LogP contribution in [0.5, 0.6) is 5.75 Å². The molecule has 0 unspecified atom stereocenters. The maximum absolute atomic E-state index is 14.3. The molecule has 1 aliphatic heterocycles. The van der Waals surface area contributed by atoms with E-state index in [0.717, 1.165) is 37.0 Å². The summed E-state index contributed by atoms with van der Waals surface area (Å²) in [5.74, 6) is -0.137. The van der Waals surface area contributed by atoms with Gasteiger partial charge in [-0.05, 0) is 49.1 Å². The molecule has 1 heterocycles. The average Bonchev–Trinajstić information content (AvgIpc) is 2.72. The Morgan fingerprint density at radius 1 is 1.14 bits per heavy atom. The van der Waals surface area contributed by atoms with Gasteiger partial charge in [0.15, 0.2) is 0 Å². The average molecular weight is 383 g/mol. The smallest absolute Gasteiger partial charge is 0.257 e. The second-order valence-electron chi connectivity index (χ2n) is 7.90. The number of halogens is 1. The fraction of sp³-hybridized carbons (Fsp3) is 0.435. The molecular formula is C23H26FNO3. The van der Waals surface area contributed by atoms with Gasteiger partial charge in [0.2, 0.25) is 0 Å². The molecule has 1 aliphatic carbocycles. The van der Waals surface area contributed by atoms with Crippen LogP contribution in [0, 0.1) is 11.7 Å². The predicted octanol–water partition coefficient (Wildman–Crippen LogP) is 4.34. The molecule has 4 rings (SSSR count). The third-order valence-corrected chi connectivity index (χ3v) is 6.39. The zero-order valence-electron chi connectivity index (χ0n) is 16.1. The molecule has 2 aromatic rings. The lowest BCUT2D eigenvalue weighted by atomic mass is 9.66. The van der Waals surface area contributed by atoms with Crippen LogP contribution >= 0.6 is 0 Å². The Morgan fingerprint density at radius 2 is 1.89 bits per heavy atom. The second-order valence-corrected chi connectivity index (χ2v) is 7.90. The number of amides is 1. The third-order valence-electron chi connectivity index (χ3n) is 6.39. The van der Waals surface area contributed by atoms with Crippen LogP contribution in [0.2, 0.25) is 0 Å². The summed E-state index contributed by atoms with van der Waals surface area (Å²) in [5, 5.41) is 11.3. The minimum Gasteiger partial charge on any atom is -0.497 e. The second kappa shape index (κ2) is 7.55. The van der Waals surface area contributed by atoms with Crippen molar-refractivity contribution in [2.45, 2.75) is 43.7 Å². The number of ether oxygens (including phenoxy) is 1. The van der Waals surface area contributed by atoms with Crippen LogP contribution in [0.15, 0.2) is 48.5 Å². The van der Waals surface area contributed by atoms with Gasteiger partial charge in [0.25, 0.3) is 5.91 Å². The van der Waals surface area contributed by atoms with Crippen molar-refractivity contribution >= 4 is 5.91 Å². The Kier molecular flexibility index (Phi) is 5.11. The van der Waals surface area contributed by atoms with Crippen LogP contribution in [0.4, 0.5) is 4.39 Å². The van der Waals surface area contributed by atoms with Crippen molar-refractivity contribution in [2.75, 3.05) is 13.7 Å². The number of likely N-dealkylation sites (tertiary alicyclic amines) is 1. The van der Waals surface area contributed by atoms with Gasteiger partial charge in [-0.1, -0.05) is 37.1 Å². The SMILES string of the molecule is COc1ccc([C@@H]2[C@@H]3CCCC[C@]3(O)CCN2C(=O)c2ccccc2F)cc1. The Morgan fingerprint density at radius 3 is 2.61 bits per heavy atom. The zero-order valence-corrected chi connectivity index (χ0v) is 16.1. The zero-order chi connectivity index (χ0) is 19.7. The van der Waals surface area contributed by atoms with Crippen molar-refractivity contribution in [3.05, 3.63) is 65.5 Å². The molecule has 0 radical (unpaired) electrons. The molecule has 2 aromatic carbocycles. The molecule has 3 atom stereocenters. The highest BCUT2D eigenvalue weighted by atomic mass is 19.1. The highest BCUT2D eigenvalue weighted by Gasteiger charge is 2.50. The van der Waals surface area contributed by atoms with E-state index in [4.69, 9.17) is 4.74 Å². The normalized spacial score (nSPS) is 27.2. The van der Waals surface area contributed by atoms with Gasteiger partial charge < -0.3 is 14.7 Å². The highest BCUT2D eigenvalue weighted by molar-refractivity contribution is 5.95. The van der Waals surface area contributed by atoms with E-state index in [1.807, 2.05) is 24.3 Å². The monoisotopic (exact) mass is 383 g/mol. The quantitative estimate of drug-likeness (QED) is 0.858. The lowest BCUT2D eigenvalue weighted by Gasteiger charge is -2.52. The van der Waals surface area contributed by atoms with E-state index in [1.54, 1.807) is 24.1 Å². The Balaban J connectivity index is 1.75. The Hall–Kier alpha value is -2.40. The molecule has 5 heteroatoms. The van der Waals surface area contributed by atoms with Crippen LogP contribution in [0.3, 0.4) is 0 Å². The van der Waals surface area contributed by atoms with Gasteiger partial charge in [-0.15, -0.1) is 0 Å². The lowest BCUT2D eigenvalue weighted by molar-refractivity contribution is -0.115. The molecule has 1 saturated heterocycles. The summed E-state index contributed by atoms with van der Waals surface area (Å²) in [7, 11) is 1.61. The lowest BCUT2D eigenvalue weighted by Crippen LogP contribution is -2.56. The Bertz CT molecular complexity index is 853. The first-order valence-electron chi connectivity index (χ1n) is 9.95. The molecular weight excluding hydrogens is 357 g/mol. The first-order chi connectivity index (χ1) is 13.5. The number of fused-ring (bicyclic) bond motifs is 1. The van der Waals surface area contributed by atoms with Gasteiger partial charge in [-0.25, -0.2) is 4.39 Å². The van der Waals surface area contributed by atoms with Gasteiger partial charge in [0.05, 0.1) is 24.3 Å². The number of methoxy groups -OCH3 is 1. The van der Waals surface area contributed by atoms with Crippen molar-refractivity contribution in [1.29, 1.82) is 0 Å². The summed E-state index contributed by atoms with van der Waals surface area (Å²) in [6, 6.07) is 13.5. The fourth-order valence-electron chi connectivity index (χ4n) is 4.91. The van der Waals surface area contributed by atoms with E-state index in [2.05, 4.69) is 0 Å². The molecule has 1 N–H and O–H groups in total. The number of piperidine rings is 1. The van der Waals surface area contributed by atoms with Crippen molar-refractivity contribution in [1.82, 2.24) is 4.90 Å². The minimum atomic E-state index is -0.769. The number of hydrogen-bond donors (Lipinski definition) is 1. The molecule has 148 valence electrons. The number of aliphatic hydroxyl groups is 1. The number of carbonyl (C=O) groups is 1. The number of nitrogens with zero attached hydrogens (tertiary/aromatic N) is 1. The van der Waals surface area contributed by atoms with Crippen LogP contribution in [-0.4, -0.2) is 35.2 Å². The molecule has 0 spiro atoms. The van der Waals surface area contributed by atoms with Crippen LogP contribution in [-0.2, 0) is 0 Å². The first kappa shape index (κ1) is 18.9. The number of hydrogen-bond acceptors (Lipinski definition) is 3. The first-order valence-corrected chi connectivity index (χ1v) is 9.95. The molecule has 1 saturated carbocycles. The number of rotatable bonds is 3. The minimum absolute atomic E-state index is 0.0564. The summed E-state index contributed by atoms with van der Waals surface area (Å²) < 4.78 is 19.6. The molecule has 2 aliphatic rings. The fourth-order valence-corrected chi connectivity index (χ4v) is 4.91. The predicted molar refractivity (Wildman–Crippen MR) is 105 cm³/mol. The third kappa shape index (κ3) is 3.28. The standard InChI is InChI=1S/C23H26FNO3/c1-28-17-11-9-16(10-12-17)21-19-7-4-5-13-23(19,27)14-15-25(21)22(26)18-6-2-3-8-20(18)24/h2-3,6,8-12,19,21,27H,4-5,7,13-15H2,1H3/t19-,21+,23-/m0/s1. The van der Waals surface area contributed by atoms with E-state index in [-0.39, 0.29) is 23.4 Å². The van der Waals surface area contributed by atoms with Gasteiger partial charge in [0.1, 0.15) is 11.6 Å². The maximum Gasteiger partial charge on any atom is 0.257 e. The summed E-state index contributed by atoms with van der Waals surface area (Å²) in [6.07, 6.45) is 4.18. The van der Waals surface area contributed by atoms with E-state index < -0.39 is 11.4 Å². The molecule has 0 bridgehead atoms. The van der Waals surface area contributed by atoms with Gasteiger partial charge >= 0.3 is 0 Å². The van der Waals surface area contributed by atoms with Gasteiger partial charge in [-0.2, -0.15) is 0 Å². The summed E-state index contributed by atoms with van der Waals surface area (Å²) >= 11 is 0. The summed E-state index contributed by atoms with van der Waals surface area (Å²) in [5.41, 5.74) is 0.271. The van der Waals surface area contributed by atoms with E-state index in [9.17, 15) is 14.3 Å². The topological polar surface area (TPSA) is 49.8 Å². The highest BCUT2D eigenvalue weighted by Crippen LogP contribution is 2.49. The molecule has 28 heavy (non-hydrogen) atoms. The van der Waals surface area contributed by atoms with Crippen molar-refractivity contribution in [2.24, 2.45) is 5.92 Å². The van der Waals surface area contributed by atoms with Crippen LogP contribution in [0.1, 0.15) is 54.1 Å². The van der Waals surface area contributed by atoms with Crippen LogP contribution < -0.4 is 4.74 Å². The molecule has 2 fully saturated rings. The number of carbonyl (C=O) groups excluding carboxylic acids is 1. The van der Waals surface area contributed by atoms with Crippen molar-refractivity contribution < 1.29 is 19.0 Å². The molecule has 1 amide bonds.